The molecule has 0 aromatic rings. The minimum absolute atomic E-state index is 0. The van der Waals surface area contributed by atoms with Crippen molar-refractivity contribution < 1.29 is 47.6 Å². The van der Waals surface area contributed by atoms with Gasteiger partial charge in [-0.2, -0.15) is 0 Å². The molecule has 0 rings (SSSR count). The van der Waals surface area contributed by atoms with Gasteiger partial charge in [0.2, 0.25) is 0 Å². The van der Waals surface area contributed by atoms with Gasteiger partial charge in [-0.05, 0) is 26.2 Å². The maximum atomic E-state index is 11.0. The van der Waals surface area contributed by atoms with E-state index in [1.807, 2.05) is 6.92 Å². The van der Waals surface area contributed by atoms with Gasteiger partial charge in [-0.15, -0.1) is 0 Å². The van der Waals surface area contributed by atoms with Crippen LogP contribution >= 0.6 is 0 Å². The number of rotatable bonds is 22. The molecule has 0 amide bonds. The van der Waals surface area contributed by atoms with Gasteiger partial charge in [0.1, 0.15) is 0 Å². The van der Waals surface area contributed by atoms with Gasteiger partial charge in [-0.1, -0.05) is 116 Å². The van der Waals surface area contributed by atoms with Crippen LogP contribution in [0, 0.1) is 0 Å². The van der Waals surface area contributed by atoms with Crippen molar-refractivity contribution in [2.24, 2.45) is 0 Å². The van der Waals surface area contributed by atoms with E-state index in [1.165, 1.54) is 89.9 Å². The number of unbranched alkanes of at least 4 members (excludes halogenated alkanes) is 16. The molecule has 0 aliphatic rings. The normalized spacial score (nSPS) is 13.7. The molecule has 0 aromatic carbocycles. The van der Waals surface area contributed by atoms with Crippen molar-refractivity contribution in [2.45, 2.75) is 154 Å². The molecule has 4 nitrogen and oxygen atoms in total. The molecular formula is C24H49NaO4S. The maximum Gasteiger partial charge on any atom is 1.00 e. The minimum atomic E-state index is -4.10. The number of hydrogen-bond donors (Lipinski definition) is 1. The van der Waals surface area contributed by atoms with Crippen LogP contribution in [-0.2, 0) is 10.1 Å². The van der Waals surface area contributed by atoms with Crippen molar-refractivity contribution in [1.82, 2.24) is 0 Å². The largest absolute Gasteiger partial charge is 1.00 e. The molecule has 0 aliphatic heterocycles. The quantitative estimate of drug-likeness (QED) is 0.151. The summed E-state index contributed by atoms with van der Waals surface area (Å²) in [4.78, 5) is 0. The molecule has 0 spiro atoms. The summed E-state index contributed by atoms with van der Waals surface area (Å²) in [7, 11) is -4.10. The molecule has 0 fully saturated rings. The van der Waals surface area contributed by atoms with E-state index in [2.05, 4.69) is 0 Å². The molecule has 2 atom stereocenters. The average Bonchev–Trinajstić information content (AvgIpc) is 2.65. The third-order valence-electron chi connectivity index (χ3n) is 6.01. The molecule has 0 saturated carbocycles. The van der Waals surface area contributed by atoms with Crippen LogP contribution in [-0.4, -0.2) is 29.4 Å². The zero-order valence-electron chi connectivity index (χ0n) is 20.4. The fraction of sp³-hybridized carbons (Fsp3) is 1.00. The second-order valence-corrected chi connectivity index (χ2v) is 10.6. The zero-order valence-corrected chi connectivity index (χ0v) is 23.2. The Bertz CT molecular complexity index is 440. The van der Waals surface area contributed by atoms with Crippen molar-refractivity contribution in [1.29, 1.82) is 0 Å². The molecule has 1 N–H and O–H groups in total. The Balaban J connectivity index is 0. The monoisotopic (exact) mass is 456 g/mol. The summed E-state index contributed by atoms with van der Waals surface area (Å²) in [5.74, 6) is 0. The van der Waals surface area contributed by atoms with Gasteiger partial charge in [0.25, 0.3) is 0 Å². The fourth-order valence-electron chi connectivity index (χ4n) is 4.02. The summed E-state index contributed by atoms with van der Waals surface area (Å²) in [5, 5.41) is 8.53. The van der Waals surface area contributed by atoms with Gasteiger partial charge >= 0.3 is 29.6 Å². The Hall–Kier alpha value is 0.870. The van der Waals surface area contributed by atoms with E-state index in [4.69, 9.17) is 0 Å². The van der Waals surface area contributed by atoms with Crippen molar-refractivity contribution in [3.05, 3.63) is 0 Å². The van der Waals surface area contributed by atoms with E-state index >= 15 is 0 Å². The SMILES string of the molecule is CCC(CCCCCCCCCCCCCCCCCCCC(C)O)S(=O)(=O)[O-].[Na+]. The van der Waals surface area contributed by atoms with Crippen molar-refractivity contribution in [2.75, 3.05) is 0 Å². The van der Waals surface area contributed by atoms with Crippen molar-refractivity contribution >= 4 is 10.1 Å². The summed E-state index contributed by atoms with van der Waals surface area (Å²) in [5.41, 5.74) is 0. The Morgan fingerprint density at radius 1 is 0.633 bits per heavy atom. The average molecular weight is 457 g/mol. The molecule has 0 aliphatic carbocycles. The molecule has 0 heterocycles. The van der Waals surface area contributed by atoms with E-state index in [9.17, 15) is 18.1 Å². The predicted octanol–water partition coefficient (Wildman–Crippen LogP) is 4.11. The topological polar surface area (TPSA) is 77.4 Å². The van der Waals surface area contributed by atoms with Gasteiger partial charge in [-0.25, -0.2) is 8.42 Å². The number of hydrogen-bond acceptors (Lipinski definition) is 4. The second-order valence-electron chi connectivity index (χ2n) is 8.96. The second kappa shape index (κ2) is 23.0. The van der Waals surface area contributed by atoms with E-state index in [0.717, 1.165) is 25.7 Å². The predicted molar refractivity (Wildman–Crippen MR) is 123 cm³/mol. The third kappa shape index (κ3) is 23.5. The Kier molecular flexibility index (Phi) is 25.4. The molecule has 0 aromatic heterocycles. The molecule has 30 heavy (non-hydrogen) atoms. The molecule has 176 valence electrons. The Morgan fingerprint density at radius 3 is 1.13 bits per heavy atom. The molecular weight excluding hydrogens is 407 g/mol. The van der Waals surface area contributed by atoms with Gasteiger partial charge in [0.15, 0.2) is 0 Å². The first-order valence-electron chi connectivity index (χ1n) is 12.5. The maximum absolute atomic E-state index is 11.0. The molecule has 0 radical (unpaired) electrons. The van der Waals surface area contributed by atoms with Crippen LogP contribution in [0.2, 0.25) is 0 Å². The van der Waals surface area contributed by atoms with Crippen LogP contribution in [0.25, 0.3) is 0 Å². The molecule has 6 heteroatoms. The first-order valence-corrected chi connectivity index (χ1v) is 14.0. The van der Waals surface area contributed by atoms with E-state index in [0.29, 0.717) is 12.8 Å². The zero-order chi connectivity index (χ0) is 21.8. The summed E-state index contributed by atoms with van der Waals surface area (Å²) in [6.07, 6.45) is 23.4. The first-order chi connectivity index (χ1) is 13.9. The summed E-state index contributed by atoms with van der Waals surface area (Å²) in [6, 6.07) is 0. The summed E-state index contributed by atoms with van der Waals surface area (Å²) in [6.45, 7) is 3.66. The fourth-order valence-corrected chi connectivity index (χ4v) is 4.88. The standard InChI is InChI=1S/C24H50O4S.Na/c1-3-24(29(26,27)28)22-20-18-16-14-12-10-8-6-4-5-7-9-11-13-15-17-19-21-23(2)25;/h23-25H,3-22H2,1-2H3,(H,26,27,28);/q;+1/p-1. The van der Waals surface area contributed by atoms with Crippen LogP contribution in [0.5, 0.6) is 0 Å². The molecule has 0 bridgehead atoms. The molecule has 2 unspecified atom stereocenters. The minimum Gasteiger partial charge on any atom is -0.748 e. The Labute approximate surface area is 210 Å². The van der Waals surface area contributed by atoms with Crippen LogP contribution in [0.1, 0.15) is 142 Å². The van der Waals surface area contributed by atoms with Gasteiger partial charge in [0, 0.05) is 5.25 Å². The summed E-state index contributed by atoms with van der Waals surface area (Å²) < 4.78 is 33.1. The van der Waals surface area contributed by atoms with E-state index in [1.54, 1.807) is 6.92 Å². The molecule has 0 saturated heterocycles. The van der Waals surface area contributed by atoms with Gasteiger partial charge in [-0.3, -0.25) is 0 Å². The third-order valence-corrected chi connectivity index (χ3v) is 7.40. The van der Waals surface area contributed by atoms with E-state index in [-0.39, 0.29) is 35.7 Å². The van der Waals surface area contributed by atoms with Gasteiger partial charge < -0.3 is 9.66 Å². The van der Waals surface area contributed by atoms with Crippen LogP contribution in [0.15, 0.2) is 0 Å². The van der Waals surface area contributed by atoms with E-state index < -0.39 is 15.4 Å². The smallest absolute Gasteiger partial charge is 0.748 e. The van der Waals surface area contributed by atoms with Gasteiger partial charge in [0.05, 0.1) is 16.2 Å². The first kappa shape index (κ1) is 33.0. The Morgan fingerprint density at radius 2 is 0.900 bits per heavy atom. The van der Waals surface area contributed by atoms with Crippen LogP contribution in [0.3, 0.4) is 0 Å². The summed E-state index contributed by atoms with van der Waals surface area (Å²) >= 11 is 0. The van der Waals surface area contributed by atoms with Crippen molar-refractivity contribution in [3.63, 3.8) is 0 Å². The van der Waals surface area contributed by atoms with Crippen LogP contribution in [0.4, 0.5) is 0 Å². The number of aliphatic hydroxyl groups excluding tert-OH is 1. The van der Waals surface area contributed by atoms with Crippen molar-refractivity contribution in [3.8, 4) is 0 Å². The number of aliphatic hydroxyl groups is 1. The van der Waals surface area contributed by atoms with Crippen LogP contribution < -0.4 is 29.6 Å².